The van der Waals surface area contributed by atoms with E-state index < -0.39 is 5.60 Å². The maximum Gasteiger partial charge on any atom is 0.119 e. The van der Waals surface area contributed by atoms with Gasteiger partial charge >= 0.3 is 0 Å². The van der Waals surface area contributed by atoms with Crippen molar-refractivity contribution in [3.05, 3.63) is 0 Å². The second kappa shape index (κ2) is 8.77. The van der Waals surface area contributed by atoms with Gasteiger partial charge in [-0.2, -0.15) is 0 Å². The van der Waals surface area contributed by atoms with Gasteiger partial charge in [-0.1, -0.05) is 27.2 Å². The number of carbonyl (C=O) groups is 1. The van der Waals surface area contributed by atoms with Crippen molar-refractivity contribution >= 4 is 6.29 Å². The Morgan fingerprint density at radius 2 is 1.71 bits per heavy atom. The van der Waals surface area contributed by atoms with Crippen LogP contribution < -0.4 is 0 Å². The van der Waals surface area contributed by atoms with Crippen molar-refractivity contribution in [1.29, 1.82) is 0 Å². The largest absolute Gasteiger partial charge is 0.390 e. The molecule has 0 amide bonds. The molecule has 0 aromatic carbocycles. The normalized spacial score (nSPS) is 46.0. The van der Waals surface area contributed by atoms with Crippen molar-refractivity contribution in [2.75, 3.05) is 0 Å². The number of unbranched alkanes of at least 4 members (excludes halogenated alkanes) is 1. The van der Waals surface area contributed by atoms with Crippen molar-refractivity contribution in [1.82, 2.24) is 0 Å². The fraction of sp³-hybridized carbons (Fsp3) is 0.966. The first-order valence-corrected chi connectivity index (χ1v) is 13.7. The minimum atomic E-state index is -0.510. The second-order valence-electron chi connectivity index (χ2n) is 13.6. The molecule has 0 spiro atoms. The van der Waals surface area contributed by atoms with Gasteiger partial charge in [0.05, 0.1) is 5.60 Å². The monoisotopic (exact) mass is 430 g/mol. The third-order valence-corrected chi connectivity index (χ3v) is 11.3. The third kappa shape index (κ3) is 4.41. The lowest BCUT2D eigenvalue weighted by atomic mass is 9.43. The van der Waals surface area contributed by atoms with Crippen molar-refractivity contribution < 1.29 is 9.90 Å². The fourth-order valence-electron chi connectivity index (χ4n) is 9.94. The summed E-state index contributed by atoms with van der Waals surface area (Å²) in [6.45, 7) is 11.8. The molecule has 0 aliphatic heterocycles. The molecule has 0 aromatic heterocycles. The molecule has 0 saturated heterocycles. The van der Waals surface area contributed by atoms with E-state index in [1.54, 1.807) is 0 Å². The van der Waals surface area contributed by atoms with E-state index >= 15 is 0 Å². The molecule has 4 saturated carbocycles. The lowest BCUT2D eigenvalue weighted by Crippen LogP contribution is -2.54. The number of rotatable bonds is 7. The maximum atomic E-state index is 10.8. The van der Waals surface area contributed by atoms with Gasteiger partial charge in [-0.3, -0.25) is 0 Å². The van der Waals surface area contributed by atoms with Crippen LogP contribution in [-0.4, -0.2) is 17.0 Å². The van der Waals surface area contributed by atoms with Gasteiger partial charge in [-0.25, -0.2) is 0 Å². The summed E-state index contributed by atoms with van der Waals surface area (Å²) in [5, 5.41) is 10.4. The van der Waals surface area contributed by atoms with Crippen molar-refractivity contribution in [2.24, 2.45) is 52.3 Å². The number of aldehydes is 1. The lowest BCUT2D eigenvalue weighted by Gasteiger charge is -2.61. The Labute approximate surface area is 192 Å². The third-order valence-electron chi connectivity index (χ3n) is 11.3. The van der Waals surface area contributed by atoms with E-state index in [1.807, 2.05) is 13.8 Å². The Morgan fingerprint density at radius 3 is 2.42 bits per heavy atom. The Bertz CT molecular complexity index is 635. The summed E-state index contributed by atoms with van der Waals surface area (Å²) in [6, 6.07) is 0. The smallest absolute Gasteiger partial charge is 0.119 e. The lowest BCUT2D eigenvalue weighted by molar-refractivity contribution is -0.124. The average Bonchev–Trinajstić information content (AvgIpc) is 3.04. The van der Waals surface area contributed by atoms with Crippen molar-refractivity contribution in [3.63, 3.8) is 0 Å². The van der Waals surface area contributed by atoms with Crippen LogP contribution in [0.2, 0.25) is 0 Å². The summed E-state index contributed by atoms with van der Waals surface area (Å²) in [5.41, 5.74) is 0.584. The van der Waals surface area contributed by atoms with Gasteiger partial charge in [-0.05, 0) is 137 Å². The molecule has 2 heteroatoms. The maximum absolute atomic E-state index is 10.8. The molecule has 0 radical (unpaired) electrons. The van der Waals surface area contributed by atoms with E-state index in [0.29, 0.717) is 10.8 Å². The number of hydrogen-bond acceptors (Lipinski definition) is 2. The van der Waals surface area contributed by atoms with Gasteiger partial charge in [0.1, 0.15) is 6.29 Å². The summed E-state index contributed by atoms with van der Waals surface area (Å²) in [6.07, 6.45) is 17.9. The quantitative estimate of drug-likeness (QED) is 0.337. The zero-order valence-electron chi connectivity index (χ0n) is 21.2. The van der Waals surface area contributed by atoms with Crippen molar-refractivity contribution in [2.45, 2.75) is 124 Å². The van der Waals surface area contributed by atoms with Gasteiger partial charge in [0.15, 0.2) is 0 Å². The summed E-state index contributed by atoms with van der Waals surface area (Å²) < 4.78 is 0. The zero-order valence-corrected chi connectivity index (χ0v) is 21.2. The van der Waals surface area contributed by atoms with E-state index in [1.165, 1.54) is 64.2 Å². The first-order valence-electron chi connectivity index (χ1n) is 13.7. The van der Waals surface area contributed by atoms with Crippen LogP contribution in [0.25, 0.3) is 0 Å². The van der Waals surface area contributed by atoms with E-state index in [-0.39, 0.29) is 0 Å². The molecule has 4 aliphatic rings. The van der Waals surface area contributed by atoms with Gasteiger partial charge in [0, 0.05) is 6.42 Å². The molecular weight excluding hydrogens is 380 g/mol. The second-order valence-corrected chi connectivity index (χ2v) is 13.6. The number of aliphatic hydroxyl groups is 1. The molecule has 31 heavy (non-hydrogen) atoms. The molecular formula is C29H50O2. The molecule has 2 nitrogen and oxygen atoms in total. The standard InChI is InChI=1S/C29H50O2/c1-20(8-6-7-17-30)24-11-12-25-23-10-9-22-18-21(19-27(2,3)31)13-15-28(22,4)26(23)14-16-29(24,25)5/h17,20-26,31H,6-16,18-19H2,1-5H3/t20-,21?,22?,23?,24-,25+,26+,28?,29?/m1/s1. The minimum absolute atomic E-state index is 0.510. The molecule has 0 heterocycles. The molecule has 1 N–H and O–H groups in total. The number of carbonyl (C=O) groups excluding carboxylic acids is 1. The highest BCUT2D eigenvalue weighted by Gasteiger charge is 2.60. The van der Waals surface area contributed by atoms with E-state index in [9.17, 15) is 9.90 Å². The summed E-state index contributed by atoms with van der Waals surface area (Å²) in [5.74, 6) is 6.10. The van der Waals surface area contributed by atoms with E-state index in [0.717, 1.165) is 67.0 Å². The first kappa shape index (κ1) is 23.8. The van der Waals surface area contributed by atoms with Crippen LogP contribution in [-0.2, 0) is 4.79 Å². The van der Waals surface area contributed by atoms with Crippen LogP contribution in [0, 0.1) is 52.3 Å². The molecule has 4 aliphatic carbocycles. The minimum Gasteiger partial charge on any atom is -0.390 e. The molecule has 5 unspecified atom stereocenters. The SMILES string of the molecule is C[C@H](CCCC=O)[C@H]1CC[C@H]2C3CCC4CC(CC(C)(C)O)CCC4(C)[C@H]3CCC12C. The molecule has 4 fully saturated rings. The van der Waals surface area contributed by atoms with Gasteiger partial charge in [0.25, 0.3) is 0 Å². The average molecular weight is 431 g/mol. The fourth-order valence-corrected chi connectivity index (χ4v) is 9.94. The molecule has 4 rings (SSSR count). The summed E-state index contributed by atoms with van der Waals surface area (Å²) in [7, 11) is 0. The van der Waals surface area contributed by atoms with Gasteiger partial charge in [0.2, 0.25) is 0 Å². The highest BCUT2D eigenvalue weighted by molar-refractivity contribution is 5.48. The van der Waals surface area contributed by atoms with Gasteiger partial charge in [-0.15, -0.1) is 0 Å². The van der Waals surface area contributed by atoms with E-state index in [2.05, 4.69) is 20.8 Å². The molecule has 0 bridgehead atoms. The summed E-state index contributed by atoms with van der Waals surface area (Å²) in [4.78, 5) is 10.8. The molecule has 178 valence electrons. The Kier molecular flexibility index (Phi) is 6.73. The van der Waals surface area contributed by atoms with Crippen LogP contribution in [0.3, 0.4) is 0 Å². The summed E-state index contributed by atoms with van der Waals surface area (Å²) >= 11 is 0. The Hall–Kier alpha value is -0.370. The predicted molar refractivity (Wildman–Crippen MR) is 129 cm³/mol. The number of hydrogen-bond donors (Lipinski definition) is 1. The van der Waals surface area contributed by atoms with Crippen LogP contribution in [0.4, 0.5) is 0 Å². The van der Waals surface area contributed by atoms with Crippen LogP contribution >= 0.6 is 0 Å². The highest BCUT2D eigenvalue weighted by Crippen LogP contribution is 2.68. The van der Waals surface area contributed by atoms with Crippen LogP contribution in [0.1, 0.15) is 118 Å². The van der Waals surface area contributed by atoms with E-state index in [4.69, 9.17) is 0 Å². The highest BCUT2D eigenvalue weighted by atomic mass is 16.3. The number of fused-ring (bicyclic) bond motifs is 5. The Balaban J connectivity index is 1.45. The molecule has 9 atom stereocenters. The first-order chi connectivity index (χ1) is 14.6. The van der Waals surface area contributed by atoms with Gasteiger partial charge < -0.3 is 9.90 Å². The Morgan fingerprint density at radius 1 is 1.00 bits per heavy atom. The van der Waals surface area contributed by atoms with Crippen molar-refractivity contribution in [3.8, 4) is 0 Å². The van der Waals surface area contributed by atoms with Crippen LogP contribution in [0.15, 0.2) is 0 Å². The predicted octanol–water partition coefficient (Wildman–Crippen LogP) is 7.43. The molecule has 0 aromatic rings. The topological polar surface area (TPSA) is 37.3 Å². The zero-order chi connectivity index (χ0) is 22.4. The van der Waals surface area contributed by atoms with Crippen LogP contribution in [0.5, 0.6) is 0 Å².